The van der Waals surface area contributed by atoms with Crippen LogP contribution >= 0.6 is 0 Å². The lowest BCUT2D eigenvalue weighted by atomic mass is 11.2. The topological polar surface area (TPSA) is 35.2 Å². The van der Waals surface area contributed by atoms with Crippen LogP contribution in [0.15, 0.2) is 6.26 Å². The van der Waals surface area contributed by atoms with Gasteiger partial charge in [-0.25, -0.2) is 0 Å². The third-order valence-corrected chi connectivity index (χ3v) is 0.0786. The summed E-state index contributed by atoms with van der Waals surface area (Å²) < 4.78 is 0. The molecule has 0 saturated heterocycles. The Bertz CT molecular complexity index is 20.0. The molecule has 0 rings (SSSR count). The Morgan fingerprint density at radius 1 is 2.00 bits per heavy atom. The maximum atomic E-state index is 4.56. The van der Waals surface area contributed by atoms with Crippen LogP contribution in [0.3, 0.4) is 0 Å². The third-order valence-electron chi connectivity index (χ3n) is 0.0786. The number of nitrogens with two attached hydrogens (primary N) is 1. The van der Waals surface area contributed by atoms with E-state index in [2.05, 4.69) is 17.3 Å². The Kier molecular flexibility index (Phi) is 2.19. The van der Waals surface area contributed by atoms with Crippen LogP contribution in [0.5, 0.6) is 0 Å². The van der Waals surface area contributed by atoms with Gasteiger partial charge in [0.25, 0.3) is 0 Å². The molecule has 0 aliphatic rings. The van der Waals surface area contributed by atoms with Crippen LogP contribution in [0.4, 0.5) is 0 Å². The van der Waals surface area contributed by atoms with Gasteiger partial charge >= 0.3 is 0 Å². The van der Waals surface area contributed by atoms with E-state index in [0.29, 0.717) is 0 Å². The summed E-state index contributed by atoms with van der Waals surface area (Å²) in [6.45, 7) is 4.56. The van der Waals surface area contributed by atoms with Gasteiger partial charge in [-0.2, -0.15) is 5.90 Å². The largest absolute Gasteiger partial charge is 0.419 e. The van der Waals surface area contributed by atoms with Gasteiger partial charge in [-0.3, -0.25) is 0 Å². The molecule has 0 bridgehead atoms. The summed E-state index contributed by atoms with van der Waals surface area (Å²) in [4.78, 5) is 3.69. The minimum absolute atomic E-state index is 0.903. The second-order valence-electron chi connectivity index (χ2n) is 0.272. The maximum absolute atomic E-state index is 4.56. The highest BCUT2D eigenvalue weighted by atomic mass is 16.6. The average molecular weight is 58.1 g/mol. The van der Waals surface area contributed by atoms with Crippen LogP contribution in [0.25, 0.3) is 0 Å². The normalized spacial score (nSPS) is 5.25. The Morgan fingerprint density at radius 2 is 2.25 bits per heavy atom. The Morgan fingerprint density at radius 3 is 2.25 bits per heavy atom. The highest BCUT2D eigenvalue weighted by Crippen LogP contribution is 1.44. The van der Waals surface area contributed by atoms with Gasteiger partial charge in [0.05, 0.1) is 0 Å². The van der Waals surface area contributed by atoms with Gasteiger partial charge in [-0.05, 0) is 6.58 Å². The number of hydrogen-bond acceptors (Lipinski definition) is 2. The first kappa shape index (κ1) is 3.50. The van der Waals surface area contributed by atoms with Crippen molar-refractivity contribution in [1.82, 2.24) is 0 Å². The molecule has 0 aromatic carbocycles. The fourth-order valence-corrected chi connectivity index (χ4v) is 0. The van der Waals surface area contributed by atoms with Gasteiger partial charge in [0, 0.05) is 0 Å². The molecule has 0 atom stereocenters. The lowest BCUT2D eigenvalue weighted by Crippen LogP contribution is -1.85. The third kappa shape index (κ3) is 1.50. The van der Waals surface area contributed by atoms with E-state index in [1.807, 2.05) is 0 Å². The fraction of sp³-hybridized carbons (Fsp3) is 0. The molecule has 0 heterocycles. The molecule has 2 N–H and O–H groups in total. The van der Waals surface area contributed by atoms with Crippen LogP contribution in [0.2, 0.25) is 0 Å². The minimum Gasteiger partial charge on any atom is -0.419 e. The van der Waals surface area contributed by atoms with Crippen LogP contribution in [0, 0.1) is 6.58 Å². The second kappa shape index (κ2) is 2.50. The van der Waals surface area contributed by atoms with Crippen molar-refractivity contribution in [2.75, 3.05) is 0 Å². The van der Waals surface area contributed by atoms with Gasteiger partial charge in [0.1, 0.15) is 6.26 Å². The van der Waals surface area contributed by atoms with Gasteiger partial charge in [0.2, 0.25) is 0 Å². The molecule has 23 valence electrons. The van der Waals surface area contributed by atoms with E-state index in [1.54, 1.807) is 0 Å². The molecule has 0 aliphatic carbocycles. The average Bonchev–Trinajstić information content (AvgIpc) is 1.37. The predicted octanol–water partition coefficient (Wildman–Crippen LogP) is -0.177. The summed E-state index contributed by atoms with van der Waals surface area (Å²) >= 11 is 0. The summed E-state index contributed by atoms with van der Waals surface area (Å²) in [6, 6.07) is 0. The lowest BCUT2D eigenvalue weighted by Gasteiger charge is -1.72. The molecule has 4 heavy (non-hydrogen) atoms. The summed E-state index contributed by atoms with van der Waals surface area (Å²) in [5.41, 5.74) is 0. The van der Waals surface area contributed by atoms with E-state index in [0.717, 1.165) is 6.26 Å². The SMILES string of the molecule is [CH]=CON. The second-order valence-corrected chi connectivity index (χ2v) is 0.272. The van der Waals surface area contributed by atoms with Crippen molar-refractivity contribution in [2.24, 2.45) is 5.90 Å². The van der Waals surface area contributed by atoms with E-state index < -0.39 is 0 Å². The number of hydrogen-bond donors (Lipinski definition) is 1. The summed E-state index contributed by atoms with van der Waals surface area (Å²) in [7, 11) is 0. The Labute approximate surface area is 24.8 Å². The number of rotatable bonds is 1. The van der Waals surface area contributed by atoms with Crippen LogP contribution in [0.1, 0.15) is 0 Å². The van der Waals surface area contributed by atoms with Gasteiger partial charge in [-0.15, -0.1) is 0 Å². The van der Waals surface area contributed by atoms with Gasteiger partial charge in [-0.1, -0.05) is 0 Å². The first-order chi connectivity index (χ1) is 1.91. The molecule has 1 radical (unpaired) electrons. The molecule has 0 aromatic rings. The van der Waals surface area contributed by atoms with Gasteiger partial charge in [0.15, 0.2) is 0 Å². The first-order valence-corrected chi connectivity index (χ1v) is 0.805. The van der Waals surface area contributed by atoms with Crippen LogP contribution in [-0.4, -0.2) is 0 Å². The van der Waals surface area contributed by atoms with Crippen molar-refractivity contribution >= 4 is 0 Å². The molecule has 0 amide bonds. The molecule has 0 aliphatic heterocycles. The standard InChI is InChI=1S/C2H4NO/c1-2-4-3/h1-2H,3H2. The molecule has 0 unspecified atom stereocenters. The zero-order valence-electron chi connectivity index (χ0n) is 2.14. The Balaban J connectivity index is 2.30. The van der Waals surface area contributed by atoms with E-state index in [9.17, 15) is 0 Å². The fourth-order valence-electron chi connectivity index (χ4n) is 0. The van der Waals surface area contributed by atoms with E-state index >= 15 is 0 Å². The predicted molar refractivity (Wildman–Crippen MR) is 14.1 cm³/mol. The van der Waals surface area contributed by atoms with Crippen molar-refractivity contribution in [2.45, 2.75) is 0 Å². The highest BCUT2D eigenvalue weighted by molar-refractivity contribution is 4.33. The molecule has 0 fully saturated rings. The smallest absolute Gasteiger partial charge is 0.111 e. The van der Waals surface area contributed by atoms with Crippen molar-refractivity contribution < 1.29 is 4.84 Å². The van der Waals surface area contributed by atoms with E-state index in [4.69, 9.17) is 0 Å². The quantitative estimate of drug-likeness (QED) is 0.335. The van der Waals surface area contributed by atoms with Crippen molar-refractivity contribution in [1.29, 1.82) is 0 Å². The molecular formula is C2H4NO. The molecular weight excluding hydrogens is 54.0 g/mol. The first-order valence-electron chi connectivity index (χ1n) is 0.805. The zero-order valence-corrected chi connectivity index (χ0v) is 2.14. The van der Waals surface area contributed by atoms with Gasteiger partial charge < -0.3 is 4.84 Å². The van der Waals surface area contributed by atoms with Crippen molar-refractivity contribution in [3.8, 4) is 0 Å². The molecule has 2 heteroatoms. The Hall–Kier alpha value is -0.500. The van der Waals surface area contributed by atoms with E-state index in [1.165, 1.54) is 0 Å². The van der Waals surface area contributed by atoms with Crippen LogP contribution in [-0.2, 0) is 4.84 Å². The minimum atomic E-state index is 0.903. The van der Waals surface area contributed by atoms with E-state index in [-0.39, 0.29) is 0 Å². The summed E-state index contributed by atoms with van der Waals surface area (Å²) in [6.07, 6.45) is 0.903. The van der Waals surface area contributed by atoms with Crippen LogP contribution < -0.4 is 5.90 Å². The molecule has 2 nitrogen and oxygen atoms in total. The highest BCUT2D eigenvalue weighted by Gasteiger charge is 1.36. The lowest BCUT2D eigenvalue weighted by molar-refractivity contribution is 0.261. The molecule has 0 aromatic heterocycles. The maximum Gasteiger partial charge on any atom is 0.111 e. The molecule has 0 saturated carbocycles. The van der Waals surface area contributed by atoms with Crippen molar-refractivity contribution in [3.63, 3.8) is 0 Å². The molecule has 0 spiro atoms. The monoisotopic (exact) mass is 58.0 g/mol. The summed E-state index contributed by atoms with van der Waals surface area (Å²) in [5.74, 6) is 4.35. The van der Waals surface area contributed by atoms with Crippen molar-refractivity contribution in [3.05, 3.63) is 12.8 Å². The zero-order chi connectivity index (χ0) is 3.41. The summed E-state index contributed by atoms with van der Waals surface area (Å²) in [5, 5.41) is 0.